The van der Waals surface area contributed by atoms with Crippen LogP contribution < -0.4 is 0 Å². The van der Waals surface area contributed by atoms with Crippen LogP contribution in [0, 0.1) is 0 Å². The van der Waals surface area contributed by atoms with Crippen molar-refractivity contribution in [1.82, 2.24) is 4.31 Å². The zero-order valence-corrected chi connectivity index (χ0v) is 13.2. The van der Waals surface area contributed by atoms with Gasteiger partial charge in [-0.2, -0.15) is 4.31 Å². The minimum absolute atomic E-state index is 0.00784. The SMILES string of the molecule is O=S(=O)(c1c(Cl)cc(Br)cc1Cl)N1CCSC1. The maximum absolute atomic E-state index is 12.3. The Bertz CT molecular complexity index is 521. The lowest BCUT2D eigenvalue weighted by atomic mass is 10.4. The van der Waals surface area contributed by atoms with E-state index in [4.69, 9.17) is 23.2 Å². The second-order valence-electron chi connectivity index (χ2n) is 3.42. The van der Waals surface area contributed by atoms with Crippen LogP contribution in [0.1, 0.15) is 0 Å². The molecule has 1 saturated heterocycles. The fraction of sp³-hybridized carbons (Fsp3) is 0.333. The fourth-order valence-electron chi connectivity index (χ4n) is 1.49. The van der Waals surface area contributed by atoms with Gasteiger partial charge in [-0.1, -0.05) is 39.1 Å². The molecule has 1 aromatic carbocycles. The minimum atomic E-state index is -3.59. The van der Waals surface area contributed by atoms with E-state index in [0.717, 1.165) is 5.75 Å². The molecular weight excluding hydrogens is 369 g/mol. The van der Waals surface area contributed by atoms with Crippen molar-refractivity contribution in [2.24, 2.45) is 0 Å². The third kappa shape index (κ3) is 2.77. The Morgan fingerprint density at radius 2 is 1.88 bits per heavy atom. The van der Waals surface area contributed by atoms with Crippen LogP contribution in [0.2, 0.25) is 10.0 Å². The van der Waals surface area contributed by atoms with E-state index in [-0.39, 0.29) is 14.9 Å². The summed E-state index contributed by atoms with van der Waals surface area (Å²) in [5, 5.41) is 0.280. The van der Waals surface area contributed by atoms with Gasteiger partial charge in [-0.25, -0.2) is 8.42 Å². The Balaban J connectivity index is 2.53. The first kappa shape index (κ1) is 14.0. The Kier molecular flexibility index (Phi) is 4.32. The molecule has 8 heteroatoms. The molecule has 1 heterocycles. The van der Waals surface area contributed by atoms with Gasteiger partial charge in [0, 0.05) is 16.8 Å². The summed E-state index contributed by atoms with van der Waals surface area (Å²) in [4.78, 5) is -0.00784. The Morgan fingerprint density at radius 3 is 2.35 bits per heavy atom. The molecule has 1 fully saturated rings. The van der Waals surface area contributed by atoms with E-state index in [9.17, 15) is 8.42 Å². The van der Waals surface area contributed by atoms with Crippen molar-refractivity contribution in [3.63, 3.8) is 0 Å². The van der Waals surface area contributed by atoms with Gasteiger partial charge in [-0.15, -0.1) is 11.8 Å². The first-order valence-electron chi connectivity index (χ1n) is 4.65. The molecule has 0 unspecified atom stereocenters. The number of thioether (sulfide) groups is 1. The quantitative estimate of drug-likeness (QED) is 0.793. The highest BCUT2D eigenvalue weighted by Crippen LogP contribution is 2.36. The third-order valence-corrected chi connectivity index (χ3v) is 6.64. The van der Waals surface area contributed by atoms with Gasteiger partial charge in [0.05, 0.1) is 15.9 Å². The number of hydrogen-bond donors (Lipinski definition) is 0. The lowest BCUT2D eigenvalue weighted by Gasteiger charge is -2.17. The van der Waals surface area contributed by atoms with Crippen molar-refractivity contribution in [2.45, 2.75) is 4.90 Å². The summed E-state index contributed by atoms with van der Waals surface area (Å²) in [6, 6.07) is 3.06. The molecule has 0 atom stereocenters. The van der Waals surface area contributed by atoms with E-state index in [1.807, 2.05) is 0 Å². The number of benzene rings is 1. The van der Waals surface area contributed by atoms with Crippen molar-refractivity contribution in [2.75, 3.05) is 18.2 Å². The molecule has 3 nitrogen and oxygen atoms in total. The van der Waals surface area contributed by atoms with Crippen LogP contribution in [0.3, 0.4) is 0 Å². The predicted octanol–water partition coefficient (Wildman–Crippen LogP) is 3.45. The topological polar surface area (TPSA) is 37.4 Å². The number of halogens is 3. The standard InChI is InChI=1S/C9H8BrCl2NO2S2/c10-6-3-7(11)9(8(12)4-6)17(14,15)13-1-2-16-5-13/h3-4H,1-2,5H2. The summed E-state index contributed by atoms with van der Waals surface area (Å²) in [6.07, 6.45) is 0. The van der Waals surface area contributed by atoms with E-state index in [2.05, 4.69) is 15.9 Å². The zero-order chi connectivity index (χ0) is 12.6. The molecule has 0 N–H and O–H groups in total. The maximum atomic E-state index is 12.3. The van der Waals surface area contributed by atoms with Crippen molar-refractivity contribution in [3.8, 4) is 0 Å². The van der Waals surface area contributed by atoms with Gasteiger partial charge in [0.15, 0.2) is 0 Å². The fourth-order valence-corrected chi connectivity index (χ4v) is 6.19. The molecule has 0 aromatic heterocycles. The number of nitrogens with zero attached hydrogens (tertiary/aromatic N) is 1. The van der Waals surface area contributed by atoms with Gasteiger partial charge < -0.3 is 0 Å². The molecule has 1 aromatic rings. The predicted molar refractivity (Wildman–Crippen MR) is 75.4 cm³/mol. The smallest absolute Gasteiger partial charge is 0.207 e. The number of hydrogen-bond acceptors (Lipinski definition) is 3. The molecule has 0 radical (unpaired) electrons. The highest BCUT2D eigenvalue weighted by atomic mass is 79.9. The van der Waals surface area contributed by atoms with Crippen molar-refractivity contribution in [3.05, 3.63) is 26.7 Å². The van der Waals surface area contributed by atoms with E-state index >= 15 is 0 Å². The average Bonchev–Trinajstić information content (AvgIpc) is 2.67. The van der Waals surface area contributed by atoms with Gasteiger partial charge in [-0.3, -0.25) is 0 Å². The first-order valence-corrected chi connectivity index (χ1v) is 8.80. The highest BCUT2D eigenvalue weighted by Gasteiger charge is 2.31. The third-order valence-electron chi connectivity index (χ3n) is 2.28. The monoisotopic (exact) mass is 375 g/mol. The minimum Gasteiger partial charge on any atom is -0.207 e. The summed E-state index contributed by atoms with van der Waals surface area (Å²) >= 11 is 16.7. The van der Waals surface area contributed by atoms with Crippen LogP contribution in [0.5, 0.6) is 0 Å². The zero-order valence-electron chi connectivity index (χ0n) is 8.49. The lowest BCUT2D eigenvalue weighted by molar-refractivity contribution is 0.489. The molecule has 0 bridgehead atoms. The van der Waals surface area contributed by atoms with Crippen molar-refractivity contribution < 1.29 is 8.42 Å². The van der Waals surface area contributed by atoms with Gasteiger partial charge >= 0.3 is 0 Å². The molecule has 0 saturated carbocycles. The first-order chi connectivity index (χ1) is 7.93. The largest absolute Gasteiger partial charge is 0.246 e. The molecule has 2 rings (SSSR count). The summed E-state index contributed by atoms with van der Waals surface area (Å²) in [7, 11) is -3.59. The van der Waals surface area contributed by atoms with Gasteiger partial charge in [0.2, 0.25) is 10.0 Å². The summed E-state index contributed by atoms with van der Waals surface area (Å²) in [5.41, 5.74) is 0. The van der Waals surface area contributed by atoms with Crippen LogP contribution in [0.15, 0.2) is 21.5 Å². The molecule has 1 aliphatic rings. The van der Waals surface area contributed by atoms with Gasteiger partial charge in [-0.05, 0) is 12.1 Å². The molecule has 1 aliphatic heterocycles. The second kappa shape index (κ2) is 5.27. The number of sulfonamides is 1. The van der Waals surface area contributed by atoms with Gasteiger partial charge in [0.25, 0.3) is 0 Å². The Labute approximate surface area is 123 Å². The van der Waals surface area contributed by atoms with E-state index in [1.165, 1.54) is 16.4 Å². The summed E-state index contributed by atoms with van der Waals surface area (Å²) < 4.78 is 26.7. The number of rotatable bonds is 2. The van der Waals surface area contributed by atoms with Crippen LogP contribution in [-0.4, -0.2) is 30.9 Å². The lowest BCUT2D eigenvalue weighted by Crippen LogP contribution is -2.28. The van der Waals surface area contributed by atoms with Crippen molar-refractivity contribution in [1.29, 1.82) is 0 Å². The highest BCUT2D eigenvalue weighted by molar-refractivity contribution is 9.10. The Hall–Kier alpha value is 0.540. The van der Waals surface area contributed by atoms with E-state index in [0.29, 0.717) is 16.9 Å². The molecule has 0 aliphatic carbocycles. The summed E-state index contributed by atoms with van der Waals surface area (Å²) in [5.74, 6) is 1.25. The van der Waals surface area contributed by atoms with Crippen LogP contribution in [-0.2, 0) is 10.0 Å². The molecular formula is C9H8BrCl2NO2S2. The normalized spacial score (nSPS) is 17.6. The van der Waals surface area contributed by atoms with Crippen LogP contribution in [0.4, 0.5) is 0 Å². The molecule has 94 valence electrons. The molecule has 0 amide bonds. The van der Waals surface area contributed by atoms with Crippen LogP contribution in [0.25, 0.3) is 0 Å². The Morgan fingerprint density at radius 1 is 1.29 bits per heavy atom. The second-order valence-corrected chi connectivity index (χ2v) is 8.10. The van der Waals surface area contributed by atoms with Gasteiger partial charge in [0.1, 0.15) is 4.90 Å². The van der Waals surface area contributed by atoms with Crippen molar-refractivity contribution >= 4 is 60.9 Å². The maximum Gasteiger partial charge on any atom is 0.246 e. The average molecular weight is 377 g/mol. The summed E-state index contributed by atoms with van der Waals surface area (Å²) in [6.45, 7) is 0.496. The molecule has 17 heavy (non-hydrogen) atoms. The van der Waals surface area contributed by atoms with E-state index in [1.54, 1.807) is 11.8 Å². The molecule has 0 spiro atoms. The van der Waals surface area contributed by atoms with E-state index < -0.39 is 10.0 Å². The van der Waals surface area contributed by atoms with Crippen LogP contribution >= 0.6 is 50.9 Å².